The quantitative estimate of drug-likeness (QED) is 0.122. The molecule has 1 aliphatic rings. The van der Waals surface area contributed by atoms with Crippen molar-refractivity contribution in [1.82, 2.24) is 0 Å². The lowest BCUT2D eigenvalue weighted by Crippen LogP contribution is -2.43. The minimum Gasteiger partial charge on any atom is -0.458 e. The lowest BCUT2D eigenvalue weighted by atomic mass is 10.2. The molecule has 0 aromatic rings. The van der Waals surface area contributed by atoms with E-state index in [4.69, 9.17) is 9.16 Å². The second kappa shape index (κ2) is 15.0. The molecule has 1 saturated heterocycles. The van der Waals surface area contributed by atoms with Crippen LogP contribution < -0.4 is 0 Å². The molecule has 0 aromatic carbocycles. The number of carbonyl (C=O) groups excluding carboxylic acids is 1. The highest BCUT2D eigenvalue weighted by molar-refractivity contribution is 6.74. The second-order valence-electron chi connectivity index (χ2n) is 9.67. The monoisotopic (exact) mass is 456 g/mol. The van der Waals surface area contributed by atoms with E-state index in [1.165, 1.54) is 0 Å². The van der Waals surface area contributed by atoms with E-state index < -0.39 is 8.32 Å². The fourth-order valence-corrected chi connectivity index (χ4v) is 4.13. The van der Waals surface area contributed by atoms with Crippen molar-refractivity contribution in [3.05, 3.63) is 72.9 Å². The van der Waals surface area contributed by atoms with Crippen molar-refractivity contribution < 1.29 is 14.0 Å². The van der Waals surface area contributed by atoms with Crippen molar-refractivity contribution in [3.8, 4) is 0 Å². The van der Waals surface area contributed by atoms with Gasteiger partial charge < -0.3 is 9.16 Å². The van der Waals surface area contributed by atoms with Crippen LogP contribution in [-0.4, -0.2) is 26.5 Å². The third-order valence-corrected chi connectivity index (χ3v) is 10.3. The Kier molecular flexibility index (Phi) is 13.2. The number of hydrogen-bond acceptors (Lipinski definition) is 3. The third kappa shape index (κ3) is 12.2. The molecule has 3 nitrogen and oxygen atoms in total. The summed E-state index contributed by atoms with van der Waals surface area (Å²) in [6.07, 6.45) is 30.6. The molecule has 0 bridgehead atoms. The summed E-state index contributed by atoms with van der Waals surface area (Å²) < 4.78 is 11.7. The molecule has 1 rings (SSSR count). The van der Waals surface area contributed by atoms with Crippen LogP contribution >= 0.6 is 0 Å². The van der Waals surface area contributed by atoms with E-state index in [1.807, 2.05) is 18.2 Å². The third-order valence-electron chi connectivity index (χ3n) is 5.80. The smallest absolute Gasteiger partial charge is 0.306 e. The van der Waals surface area contributed by atoms with Crippen molar-refractivity contribution in [2.24, 2.45) is 0 Å². The molecule has 1 heterocycles. The van der Waals surface area contributed by atoms with Crippen LogP contribution in [-0.2, 0) is 14.0 Å². The summed E-state index contributed by atoms with van der Waals surface area (Å²) in [6.45, 7) is 13.6. The molecule has 1 aliphatic heterocycles. The number of carbonyl (C=O) groups is 1. The summed E-state index contributed by atoms with van der Waals surface area (Å²) >= 11 is 0. The van der Waals surface area contributed by atoms with E-state index in [0.717, 1.165) is 32.1 Å². The van der Waals surface area contributed by atoms with Gasteiger partial charge in [-0.2, -0.15) is 0 Å². The van der Waals surface area contributed by atoms with Crippen molar-refractivity contribution in [2.45, 2.75) is 96.6 Å². The lowest BCUT2D eigenvalue weighted by molar-refractivity contribution is -0.139. The molecule has 0 aromatic heterocycles. The Morgan fingerprint density at radius 1 is 1.00 bits per heavy atom. The van der Waals surface area contributed by atoms with Crippen molar-refractivity contribution >= 4 is 14.3 Å². The lowest BCUT2D eigenvalue weighted by Gasteiger charge is -2.38. The van der Waals surface area contributed by atoms with Crippen molar-refractivity contribution in [3.63, 3.8) is 0 Å². The Morgan fingerprint density at radius 3 is 2.22 bits per heavy atom. The molecule has 4 heteroatoms. The van der Waals surface area contributed by atoms with Crippen molar-refractivity contribution in [2.75, 3.05) is 0 Å². The first-order valence-corrected chi connectivity index (χ1v) is 14.9. The van der Waals surface area contributed by atoms with Gasteiger partial charge in [0.1, 0.15) is 6.10 Å². The fourth-order valence-electron chi connectivity index (χ4n) is 2.84. The van der Waals surface area contributed by atoms with Gasteiger partial charge in [-0.1, -0.05) is 94.5 Å². The predicted octanol–water partition coefficient (Wildman–Crippen LogP) is 8.00. The molecule has 0 N–H and O–H groups in total. The Balaban J connectivity index is 2.38. The van der Waals surface area contributed by atoms with Crippen molar-refractivity contribution in [1.29, 1.82) is 0 Å². The van der Waals surface area contributed by atoms with Crippen LogP contribution in [0.5, 0.6) is 0 Å². The Bertz CT molecular complexity index is 717. The molecule has 0 saturated carbocycles. The van der Waals surface area contributed by atoms with Gasteiger partial charge in [-0.05, 0) is 56.3 Å². The second-order valence-corrected chi connectivity index (χ2v) is 14.4. The summed E-state index contributed by atoms with van der Waals surface area (Å²) in [5.74, 6) is -0.0959. The number of cyclic esters (lactones) is 1. The number of esters is 1. The van der Waals surface area contributed by atoms with Crippen LogP contribution in [0.25, 0.3) is 0 Å². The van der Waals surface area contributed by atoms with Crippen LogP contribution in [0.2, 0.25) is 18.1 Å². The van der Waals surface area contributed by atoms with Gasteiger partial charge >= 0.3 is 5.97 Å². The Morgan fingerprint density at radius 2 is 1.66 bits per heavy atom. The molecule has 0 aliphatic carbocycles. The fraction of sp³-hybridized carbons (Fsp3) is 0.536. The number of hydrogen-bond donors (Lipinski definition) is 0. The average Bonchev–Trinajstić information content (AvgIpc) is 3.12. The van der Waals surface area contributed by atoms with Crippen LogP contribution in [0, 0.1) is 0 Å². The van der Waals surface area contributed by atoms with E-state index in [0.29, 0.717) is 6.42 Å². The molecule has 32 heavy (non-hydrogen) atoms. The minimum atomic E-state index is -1.79. The zero-order chi connectivity index (χ0) is 23.9. The van der Waals surface area contributed by atoms with Crippen LogP contribution in [0.15, 0.2) is 72.9 Å². The normalized spacial score (nSPS) is 19.7. The van der Waals surface area contributed by atoms with E-state index in [2.05, 4.69) is 95.5 Å². The topological polar surface area (TPSA) is 35.5 Å². The maximum atomic E-state index is 11.0. The number of allylic oxidation sites excluding steroid dienone is 9. The first kappa shape index (κ1) is 28.1. The molecule has 0 radical (unpaired) electrons. The van der Waals surface area contributed by atoms with Gasteiger partial charge in [-0.25, -0.2) is 0 Å². The highest BCUT2D eigenvalue weighted by Gasteiger charge is 2.38. The highest BCUT2D eigenvalue weighted by atomic mass is 28.4. The van der Waals surface area contributed by atoms with Gasteiger partial charge in [-0.3, -0.25) is 4.79 Å². The van der Waals surface area contributed by atoms with E-state index in [1.54, 1.807) is 0 Å². The molecule has 178 valence electrons. The molecule has 0 spiro atoms. The SMILES string of the molecule is CC/C=C\C[C@@H](/C=C/C=C\C/C=C\C/C=C\C=C\[C@H]1CCC(=O)O1)O[Si](C)(C)C(C)(C)C. The predicted molar refractivity (Wildman–Crippen MR) is 140 cm³/mol. The largest absolute Gasteiger partial charge is 0.458 e. The molecule has 2 atom stereocenters. The van der Waals surface area contributed by atoms with E-state index in [-0.39, 0.29) is 23.2 Å². The van der Waals surface area contributed by atoms with Crippen LogP contribution in [0.4, 0.5) is 0 Å². The van der Waals surface area contributed by atoms with E-state index in [9.17, 15) is 4.79 Å². The molecule has 0 amide bonds. The molecular weight excluding hydrogens is 412 g/mol. The summed E-state index contributed by atoms with van der Waals surface area (Å²) in [4.78, 5) is 11.0. The Hall–Kier alpha value is -1.91. The summed E-state index contributed by atoms with van der Waals surface area (Å²) in [6, 6.07) is 0. The zero-order valence-corrected chi connectivity index (χ0v) is 22.1. The molecular formula is C28H44O3Si. The minimum absolute atomic E-state index is 0.0459. The molecule has 0 unspecified atom stereocenters. The van der Waals surface area contributed by atoms with Gasteiger partial charge in [0.15, 0.2) is 8.32 Å². The number of ether oxygens (including phenoxy) is 1. The summed E-state index contributed by atoms with van der Waals surface area (Å²) in [7, 11) is -1.79. The number of rotatable bonds is 13. The molecule has 1 fully saturated rings. The Labute approximate surface area is 197 Å². The summed E-state index contributed by atoms with van der Waals surface area (Å²) in [5, 5.41) is 0.210. The van der Waals surface area contributed by atoms with Crippen LogP contribution in [0.3, 0.4) is 0 Å². The van der Waals surface area contributed by atoms with Gasteiger partial charge in [-0.15, -0.1) is 0 Å². The van der Waals surface area contributed by atoms with Gasteiger partial charge in [0.2, 0.25) is 0 Å². The maximum absolute atomic E-state index is 11.0. The average molecular weight is 457 g/mol. The van der Waals surface area contributed by atoms with Gasteiger partial charge in [0.05, 0.1) is 6.10 Å². The van der Waals surface area contributed by atoms with Crippen LogP contribution in [0.1, 0.15) is 66.2 Å². The standard InChI is InChI=1S/C28H44O3Si/c1-7-8-17-21-26(31-32(5,6)28(2,3)4)22-19-16-14-12-10-9-11-13-15-18-20-25-23-24-27(29)30-25/h8-10,13-20,22,25-26H,7,11-12,21,23-24H2,1-6H3/b10-9-,15-13-,16-14-,17-8-,20-18+,22-19+/t25-,26-/m0/s1. The highest BCUT2D eigenvalue weighted by Crippen LogP contribution is 2.37. The van der Waals surface area contributed by atoms with Gasteiger partial charge in [0, 0.05) is 6.42 Å². The first-order valence-electron chi connectivity index (χ1n) is 12.0. The zero-order valence-electron chi connectivity index (χ0n) is 21.1. The van der Waals surface area contributed by atoms with Gasteiger partial charge in [0.25, 0.3) is 0 Å². The maximum Gasteiger partial charge on any atom is 0.306 e. The summed E-state index contributed by atoms with van der Waals surface area (Å²) in [5.41, 5.74) is 0. The first-order chi connectivity index (χ1) is 15.2. The van der Waals surface area contributed by atoms with E-state index >= 15 is 0 Å².